The van der Waals surface area contributed by atoms with Crippen molar-refractivity contribution in [2.75, 3.05) is 5.73 Å². The van der Waals surface area contributed by atoms with Crippen LogP contribution >= 0.6 is 11.6 Å². The van der Waals surface area contributed by atoms with Crippen molar-refractivity contribution >= 4 is 29.1 Å². The van der Waals surface area contributed by atoms with Crippen LogP contribution in [0.25, 0.3) is 0 Å². The van der Waals surface area contributed by atoms with E-state index in [1.165, 1.54) is 12.1 Å². The Hall–Kier alpha value is -1.75. The van der Waals surface area contributed by atoms with Gasteiger partial charge in [0.05, 0.1) is 10.6 Å². The van der Waals surface area contributed by atoms with Crippen molar-refractivity contribution in [3.8, 4) is 0 Å². The number of rotatable bonds is 4. The summed E-state index contributed by atoms with van der Waals surface area (Å²) in [5, 5.41) is 2.97. The highest BCUT2D eigenvalue weighted by atomic mass is 35.5. The lowest BCUT2D eigenvalue weighted by Gasteiger charge is -2.25. The van der Waals surface area contributed by atoms with E-state index in [2.05, 4.69) is 5.32 Å². The minimum atomic E-state index is -0.729. The van der Waals surface area contributed by atoms with Crippen molar-refractivity contribution in [1.29, 1.82) is 0 Å². The molecule has 1 aromatic rings. The van der Waals surface area contributed by atoms with E-state index < -0.39 is 11.4 Å². The van der Waals surface area contributed by atoms with Crippen LogP contribution in [0.3, 0.4) is 0 Å². The number of hydrogen-bond donors (Lipinski definition) is 3. The molecule has 0 saturated heterocycles. The van der Waals surface area contributed by atoms with Gasteiger partial charge in [-0.05, 0) is 32.0 Å². The number of nitrogens with one attached hydrogen (secondary N) is 1. The third-order valence-corrected chi connectivity index (χ3v) is 2.62. The third kappa shape index (κ3) is 3.92. The van der Waals surface area contributed by atoms with Gasteiger partial charge in [0.1, 0.15) is 0 Å². The quantitative estimate of drug-likeness (QED) is 0.719. The SMILES string of the molecule is CC(C)(CC(N)=O)NC(=O)c1ccc(N)cc1Cl. The average molecular weight is 270 g/mol. The lowest BCUT2D eigenvalue weighted by Crippen LogP contribution is -2.46. The van der Waals surface area contributed by atoms with Crippen LogP contribution in [-0.2, 0) is 4.79 Å². The second-order valence-corrected chi connectivity index (χ2v) is 5.13. The van der Waals surface area contributed by atoms with Crippen molar-refractivity contribution in [3.05, 3.63) is 28.8 Å². The summed E-state index contributed by atoms with van der Waals surface area (Å²) in [7, 11) is 0. The van der Waals surface area contributed by atoms with E-state index in [-0.39, 0.29) is 17.4 Å². The number of hydrogen-bond acceptors (Lipinski definition) is 3. The van der Waals surface area contributed by atoms with Gasteiger partial charge in [-0.3, -0.25) is 9.59 Å². The van der Waals surface area contributed by atoms with E-state index in [4.69, 9.17) is 23.1 Å². The van der Waals surface area contributed by atoms with Crippen molar-refractivity contribution in [2.24, 2.45) is 5.73 Å². The molecule has 98 valence electrons. The van der Waals surface area contributed by atoms with Crippen LogP contribution in [0.15, 0.2) is 18.2 Å². The molecule has 0 aromatic heterocycles. The van der Waals surface area contributed by atoms with Gasteiger partial charge >= 0.3 is 0 Å². The van der Waals surface area contributed by atoms with Crippen LogP contribution in [0.1, 0.15) is 30.6 Å². The molecule has 5 N–H and O–H groups in total. The fraction of sp³-hybridized carbons (Fsp3) is 0.333. The monoisotopic (exact) mass is 269 g/mol. The second-order valence-electron chi connectivity index (χ2n) is 4.72. The first kappa shape index (κ1) is 14.3. The normalized spacial score (nSPS) is 11.1. The number of primary amides is 1. The van der Waals surface area contributed by atoms with Gasteiger partial charge in [0, 0.05) is 17.6 Å². The minimum Gasteiger partial charge on any atom is -0.399 e. The first-order valence-electron chi connectivity index (χ1n) is 5.37. The van der Waals surface area contributed by atoms with Crippen LogP contribution in [-0.4, -0.2) is 17.4 Å². The third-order valence-electron chi connectivity index (χ3n) is 2.31. The lowest BCUT2D eigenvalue weighted by molar-refractivity contribution is -0.119. The van der Waals surface area contributed by atoms with E-state index >= 15 is 0 Å². The molecule has 0 heterocycles. The summed E-state index contributed by atoms with van der Waals surface area (Å²) >= 11 is 5.93. The smallest absolute Gasteiger partial charge is 0.253 e. The van der Waals surface area contributed by atoms with Gasteiger partial charge in [0.15, 0.2) is 0 Å². The largest absolute Gasteiger partial charge is 0.399 e. The molecule has 6 heteroatoms. The molecule has 0 spiro atoms. The molecule has 0 radical (unpaired) electrons. The Balaban J connectivity index is 2.85. The fourth-order valence-electron chi connectivity index (χ4n) is 1.57. The summed E-state index contributed by atoms with van der Waals surface area (Å²) < 4.78 is 0. The first-order chi connectivity index (χ1) is 8.21. The highest BCUT2D eigenvalue weighted by Crippen LogP contribution is 2.20. The summed E-state index contributed by atoms with van der Waals surface area (Å²) in [4.78, 5) is 22.9. The molecule has 0 bridgehead atoms. The average Bonchev–Trinajstić information content (AvgIpc) is 2.13. The molecule has 0 fully saturated rings. The van der Waals surface area contributed by atoms with Gasteiger partial charge in [0.2, 0.25) is 5.91 Å². The maximum Gasteiger partial charge on any atom is 0.253 e. The molecular weight excluding hydrogens is 254 g/mol. The zero-order chi connectivity index (χ0) is 13.9. The molecule has 1 aromatic carbocycles. The van der Waals surface area contributed by atoms with Crippen molar-refractivity contribution in [3.63, 3.8) is 0 Å². The molecule has 0 aliphatic carbocycles. The Morgan fingerprint density at radius 3 is 2.50 bits per heavy atom. The number of halogens is 1. The van der Waals surface area contributed by atoms with Gasteiger partial charge in [-0.1, -0.05) is 11.6 Å². The van der Waals surface area contributed by atoms with Gasteiger partial charge in [-0.2, -0.15) is 0 Å². The first-order valence-corrected chi connectivity index (χ1v) is 5.75. The number of nitrogen functional groups attached to an aromatic ring is 1. The lowest BCUT2D eigenvalue weighted by atomic mass is 9.99. The maximum atomic E-state index is 12.0. The highest BCUT2D eigenvalue weighted by molar-refractivity contribution is 6.34. The van der Waals surface area contributed by atoms with Crippen LogP contribution in [0.4, 0.5) is 5.69 Å². The molecule has 1 rings (SSSR count). The molecule has 0 unspecified atom stereocenters. The Labute approximate surface area is 110 Å². The predicted molar refractivity (Wildman–Crippen MR) is 71.2 cm³/mol. The van der Waals surface area contributed by atoms with E-state index in [0.29, 0.717) is 11.3 Å². The highest BCUT2D eigenvalue weighted by Gasteiger charge is 2.24. The number of anilines is 1. The standard InChI is InChI=1S/C12H16ClN3O2/c1-12(2,6-10(15)17)16-11(18)8-4-3-7(14)5-9(8)13/h3-5H,6,14H2,1-2H3,(H2,15,17)(H,16,18). The summed E-state index contributed by atoms with van der Waals surface area (Å²) in [5.74, 6) is -0.852. The molecule has 0 aliphatic rings. The Morgan fingerprint density at radius 2 is 2.00 bits per heavy atom. The Morgan fingerprint density at radius 1 is 1.39 bits per heavy atom. The van der Waals surface area contributed by atoms with Crippen LogP contribution < -0.4 is 16.8 Å². The van der Waals surface area contributed by atoms with E-state index in [9.17, 15) is 9.59 Å². The van der Waals surface area contributed by atoms with E-state index in [1.807, 2.05) is 0 Å². The number of carbonyl (C=O) groups excluding carboxylic acids is 2. The Bertz CT molecular complexity index is 486. The van der Waals surface area contributed by atoms with Crippen LogP contribution in [0.2, 0.25) is 5.02 Å². The summed E-state index contributed by atoms with van der Waals surface area (Å²) in [6.07, 6.45) is 0.0470. The van der Waals surface area contributed by atoms with Crippen molar-refractivity contribution in [1.82, 2.24) is 5.32 Å². The maximum absolute atomic E-state index is 12.0. The molecule has 5 nitrogen and oxygen atoms in total. The number of amides is 2. The summed E-state index contributed by atoms with van der Waals surface area (Å²) in [6, 6.07) is 4.62. The van der Waals surface area contributed by atoms with Gasteiger partial charge in [-0.25, -0.2) is 0 Å². The van der Waals surface area contributed by atoms with Gasteiger partial charge < -0.3 is 16.8 Å². The topological polar surface area (TPSA) is 98.2 Å². The van der Waals surface area contributed by atoms with E-state index in [1.54, 1.807) is 19.9 Å². The van der Waals surface area contributed by atoms with Crippen LogP contribution in [0, 0.1) is 0 Å². The summed E-state index contributed by atoms with van der Waals surface area (Å²) in [6.45, 7) is 3.42. The molecule has 2 amide bonds. The number of nitrogens with two attached hydrogens (primary N) is 2. The molecular formula is C12H16ClN3O2. The number of benzene rings is 1. The predicted octanol–water partition coefficient (Wildman–Crippen LogP) is 1.31. The van der Waals surface area contributed by atoms with Gasteiger partial charge in [-0.15, -0.1) is 0 Å². The molecule has 0 saturated carbocycles. The second kappa shape index (κ2) is 5.27. The zero-order valence-electron chi connectivity index (χ0n) is 10.3. The summed E-state index contributed by atoms with van der Waals surface area (Å²) in [5.41, 5.74) is 10.7. The zero-order valence-corrected chi connectivity index (χ0v) is 11.0. The molecule has 0 aliphatic heterocycles. The Kier molecular flexibility index (Phi) is 4.19. The van der Waals surface area contributed by atoms with Gasteiger partial charge in [0.25, 0.3) is 5.91 Å². The fourth-order valence-corrected chi connectivity index (χ4v) is 1.84. The van der Waals surface area contributed by atoms with Crippen LogP contribution in [0.5, 0.6) is 0 Å². The molecule has 18 heavy (non-hydrogen) atoms. The number of carbonyl (C=O) groups is 2. The van der Waals surface area contributed by atoms with Crippen molar-refractivity contribution < 1.29 is 9.59 Å². The minimum absolute atomic E-state index is 0.0470. The van der Waals surface area contributed by atoms with E-state index in [0.717, 1.165) is 0 Å². The van der Waals surface area contributed by atoms with Crippen molar-refractivity contribution in [2.45, 2.75) is 25.8 Å². The molecule has 0 atom stereocenters.